The van der Waals surface area contributed by atoms with Crippen LogP contribution in [0.25, 0.3) is 0 Å². The number of carboxylic acid groups (broad SMARTS) is 1. The molecule has 5 nitrogen and oxygen atoms in total. The van der Waals surface area contributed by atoms with Crippen LogP contribution in [0.5, 0.6) is 0 Å². The van der Waals surface area contributed by atoms with Gasteiger partial charge in [-0.1, -0.05) is 12.2 Å². The number of rotatable bonds is 4. The number of nitrogens with one attached hydrogen (secondary N) is 1. The Morgan fingerprint density at radius 2 is 2.12 bits per heavy atom. The van der Waals surface area contributed by atoms with Crippen LogP contribution in [0.2, 0.25) is 0 Å². The van der Waals surface area contributed by atoms with Gasteiger partial charge in [-0.25, -0.2) is 9.78 Å². The maximum absolute atomic E-state index is 11.6. The fourth-order valence-electron chi connectivity index (χ4n) is 1.24. The summed E-state index contributed by atoms with van der Waals surface area (Å²) in [4.78, 5) is 26.3. The average molecular weight is 234 g/mol. The lowest BCUT2D eigenvalue weighted by Crippen LogP contribution is -2.26. The zero-order valence-corrected chi connectivity index (χ0v) is 9.78. The van der Waals surface area contributed by atoms with E-state index in [2.05, 4.69) is 16.9 Å². The molecule has 0 aliphatic rings. The molecular formula is C12H14N2O3. The zero-order valence-electron chi connectivity index (χ0n) is 9.78. The van der Waals surface area contributed by atoms with E-state index in [4.69, 9.17) is 5.11 Å². The summed E-state index contributed by atoms with van der Waals surface area (Å²) >= 11 is 0. The van der Waals surface area contributed by atoms with Crippen molar-refractivity contribution in [3.8, 4) is 0 Å². The highest BCUT2D eigenvalue weighted by Gasteiger charge is 2.12. The third kappa shape index (κ3) is 3.41. The molecule has 17 heavy (non-hydrogen) atoms. The molecule has 90 valence electrons. The van der Waals surface area contributed by atoms with E-state index >= 15 is 0 Å². The maximum atomic E-state index is 11.6. The molecule has 0 saturated carbocycles. The van der Waals surface area contributed by atoms with E-state index < -0.39 is 5.97 Å². The Balaban J connectivity index is 2.86. The number of aromatic carboxylic acids is 1. The van der Waals surface area contributed by atoms with Crippen molar-refractivity contribution in [3.63, 3.8) is 0 Å². The second-order valence-electron chi connectivity index (χ2n) is 3.77. The van der Waals surface area contributed by atoms with Gasteiger partial charge in [0.25, 0.3) is 5.91 Å². The SMILES string of the molecule is C=C(C)CNC(=O)c1ccc(C(=O)O)c(C)n1. The second kappa shape index (κ2) is 5.25. The number of hydrogen-bond donors (Lipinski definition) is 2. The quantitative estimate of drug-likeness (QED) is 0.772. The number of aryl methyl sites for hydroxylation is 1. The molecule has 5 heteroatoms. The minimum Gasteiger partial charge on any atom is -0.478 e. The van der Waals surface area contributed by atoms with E-state index in [1.807, 2.05) is 0 Å². The number of carboxylic acids is 1. The van der Waals surface area contributed by atoms with Gasteiger partial charge in [-0.05, 0) is 26.0 Å². The van der Waals surface area contributed by atoms with Gasteiger partial charge in [-0.3, -0.25) is 4.79 Å². The summed E-state index contributed by atoms with van der Waals surface area (Å²) in [6, 6.07) is 2.77. The summed E-state index contributed by atoms with van der Waals surface area (Å²) in [6.07, 6.45) is 0. The zero-order chi connectivity index (χ0) is 13.0. The van der Waals surface area contributed by atoms with Crippen LogP contribution < -0.4 is 5.32 Å². The van der Waals surface area contributed by atoms with E-state index in [-0.39, 0.29) is 17.2 Å². The summed E-state index contributed by atoms with van der Waals surface area (Å²) < 4.78 is 0. The van der Waals surface area contributed by atoms with Crippen LogP contribution in [0.3, 0.4) is 0 Å². The van der Waals surface area contributed by atoms with Gasteiger partial charge >= 0.3 is 5.97 Å². The first-order valence-electron chi connectivity index (χ1n) is 5.05. The Labute approximate surface area is 99.2 Å². The predicted octanol–water partition coefficient (Wildman–Crippen LogP) is 1.39. The average Bonchev–Trinajstić information content (AvgIpc) is 2.25. The van der Waals surface area contributed by atoms with Crippen LogP contribution in [0, 0.1) is 6.92 Å². The molecule has 0 aromatic carbocycles. The van der Waals surface area contributed by atoms with Gasteiger partial charge in [0.1, 0.15) is 5.69 Å². The molecule has 1 heterocycles. The van der Waals surface area contributed by atoms with Crippen LogP contribution in [0.15, 0.2) is 24.3 Å². The van der Waals surface area contributed by atoms with Crippen molar-refractivity contribution in [2.75, 3.05) is 6.54 Å². The summed E-state index contributed by atoms with van der Waals surface area (Å²) in [5, 5.41) is 11.4. The van der Waals surface area contributed by atoms with Gasteiger partial charge < -0.3 is 10.4 Å². The third-order valence-corrected chi connectivity index (χ3v) is 2.10. The van der Waals surface area contributed by atoms with Crippen LogP contribution in [0.4, 0.5) is 0 Å². The molecule has 0 spiro atoms. The first kappa shape index (κ1) is 12.9. The van der Waals surface area contributed by atoms with Crippen molar-refractivity contribution in [2.45, 2.75) is 13.8 Å². The summed E-state index contributed by atoms with van der Waals surface area (Å²) in [7, 11) is 0. The number of carbonyl (C=O) groups is 2. The van der Waals surface area contributed by atoms with Crippen LogP contribution in [-0.2, 0) is 0 Å². The first-order chi connectivity index (χ1) is 7.91. The summed E-state index contributed by atoms with van der Waals surface area (Å²) in [5.74, 6) is -1.39. The molecule has 0 aliphatic carbocycles. The molecule has 0 unspecified atom stereocenters. The number of amides is 1. The highest BCUT2D eigenvalue weighted by molar-refractivity contribution is 5.94. The van der Waals surface area contributed by atoms with Crippen molar-refractivity contribution in [1.29, 1.82) is 0 Å². The Bertz CT molecular complexity index is 481. The van der Waals surface area contributed by atoms with Crippen LogP contribution in [0.1, 0.15) is 33.5 Å². The molecule has 0 saturated heterocycles. The molecule has 0 fully saturated rings. The second-order valence-corrected chi connectivity index (χ2v) is 3.77. The third-order valence-electron chi connectivity index (χ3n) is 2.10. The van der Waals surface area contributed by atoms with E-state index in [0.717, 1.165) is 5.57 Å². The fraction of sp³-hybridized carbons (Fsp3) is 0.250. The number of aromatic nitrogens is 1. The lowest BCUT2D eigenvalue weighted by molar-refractivity contribution is 0.0694. The summed E-state index contributed by atoms with van der Waals surface area (Å²) in [5.41, 5.74) is 1.45. The molecule has 0 aliphatic heterocycles. The van der Waals surface area contributed by atoms with Crippen molar-refractivity contribution in [2.24, 2.45) is 0 Å². The minimum absolute atomic E-state index is 0.0986. The van der Waals surface area contributed by atoms with Crippen molar-refractivity contribution in [3.05, 3.63) is 41.2 Å². The molecule has 1 aromatic rings. The molecule has 1 rings (SSSR count). The topological polar surface area (TPSA) is 79.3 Å². The number of pyridine rings is 1. The Morgan fingerprint density at radius 1 is 1.47 bits per heavy atom. The normalized spacial score (nSPS) is 9.76. The predicted molar refractivity (Wildman–Crippen MR) is 63.1 cm³/mol. The molecule has 0 atom stereocenters. The number of nitrogens with zero attached hydrogens (tertiary/aromatic N) is 1. The van der Waals surface area contributed by atoms with Crippen LogP contribution in [-0.4, -0.2) is 28.5 Å². The van der Waals surface area contributed by atoms with Gasteiger partial charge in [0.05, 0.1) is 11.3 Å². The Kier molecular flexibility index (Phi) is 3.98. The lowest BCUT2D eigenvalue weighted by Gasteiger charge is -2.06. The van der Waals surface area contributed by atoms with Gasteiger partial charge in [0.15, 0.2) is 0 Å². The Morgan fingerprint density at radius 3 is 2.59 bits per heavy atom. The standard InChI is InChI=1S/C12H14N2O3/c1-7(2)6-13-11(15)10-5-4-9(12(16)17)8(3)14-10/h4-5H,1,6H2,2-3H3,(H,13,15)(H,16,17). The van der Waals surface area contributed by atoms with Gasteiger partial charge in [-0.15, -0.1) is 0 Å². The van der Waals surface area contributed by atoms with Crippen molar-refractivity contribution < 1.29 is 14.7 Å². The molecule has 0 bridgehead atoms. The fourth-order valence-corrected chi connectivity index (χ4v) is 1.24. The highest BCUT2D eigenvalue weighted by Crippen LogP contribution is 2.06. The molecule has 1 aromatic heterocycles. The smallest absolute Gasteiger partial charge is 0.337 e. The van der Waals surface area contributed by atoms with E-state index in [9.17, 15) is 9.59 Å². The van der Waals surface area contributed by atoms with Gasteiger partial charge in [0.2, 0.25) is 0 Å². The van der Waals surface area contributed by atoms with E-state index in [1.165, 1.54) is 12.1 Å². The summed E-state index contributed by atoms with van der Waals surface area (Å²) in [6.45, 7) is 7.39. The Hall–Kier alpha value is -2.17. The van der Waals surface area contributed by atoms with Gasteiger partial charge in [-0.2, -0.15) is 0 Å². The van der Waals surface area contributed by atoms with E-state index in [1.54, 1.807) is 13.8 Å². The molecule has 1 amide bonds. The highest BCUT2D eigenvalue weighted by atomic mass is 16.4. The number of carbonyl (C=O) groups excluding carboxylic acids is 1. The minimum atomic E-state index is -1.05. The molecule has 2 N–H and O–H groups in total. The molecular weight excluding hydrogens is 220 g/mol. The lowest BCUT2D eigenvalue weighted by atomic mass is 10.2. The number of hydrogen-bond acceptors (Lipinski definition) is 3. The largest absolute Gasteiger partial charge is 0.478 e. The van der Waals surface area contributed by atoms with E-state index in [0.29, 0.717) is 12.2 Å². The van der Waals surface area contributed by atoms with Crippen molar-refractivity contribution >= 4 is 11.9 Å². The van der Waals surface area contributed by atoms with Gasteiger partial charge in [0, 0.05) is 6.54 Å². The maximum Gasteiger partial charge on any atom is 0.337 e. The van der Waals surface area contributed by atoms with Crippen molar-refractivity contribution in [1.82, 2.24) is 10.3 Å². The first-order valence-corrected chi connectivity index (χ1v) is 5.05. The van der Waals surface area contributed by atoms with Crippen LogP contribution >= 0.6 is 0 Å². The molecule has 0 radical (unpaired) electrons. The monoisotopic (exact) mass is 234 g/mol.